The molecule has 1 N–H and O–H groups in total. The molecule has 7 nitrogen and oxygen atoms in total. The van der Waals surface area contributed by atoms with Gasteiger partial charge in [-0.05, 0) is 68.7 Å². The Balaban J connectivity index is 1.36. The smallest absolute Gasteiger partial charge is 0.264 e. The van der Waals surface area contributed by atoms with E-state index in [0.29, 0.717) is 34.4 Å². The van der Waals surface area contributed by atoms with Crippen LogP contribution in [-0.2, 0) is 27.7 Å². The molecular weight excluding hydrogens is 492 g/mol. The number of thiazole rings is 1. The Hall–Kier alpha value is -3.56. The molecule has 1 aliphatic rings. The first kappa shape index (κ1) is 24.1. The first-order valence-corrected chi connectivity index (χ1v) is 13.9. The van der Waals surface area contributed by atoms with E-state index in [1.54, 1.807) is 12.1 Å². The highest BCUT2D eigenvalue weighted by Crippen LogP contribution is 2.38. The highest BCUT2D eigenvalue weighted by molar-refractivity contribution is 7.93. The summed E-state index contributed by atoms with van der Waals surface area (Å²) in [6, 6.07) is 18.4. The Kier molecular flexibility index (Phi) is 6.36. The van der Waals surface area contributed by atoms with Crippen LogP contribution in [0, 0.1) is 20.8 Å². The lowest BCUT2D eigenvalue weighted by Gasteiger charge is -2.21. The summed E-state index contributed by atoms with van der Waals surface area (Å²) in [6.45, 7) is 6.07. The van der Waals surface area contributed by atoms with Gasteiger partial charge in [-0.15, -0.1) is 11.3 Å². The summed E-state index contributed by atoms with van der Waals surface area (Å²) in [4.78, 5) is 22.9. The molecule has 36 heavy (non-hydrogen) atoms. The number of nitrogens with zero attached hydrogens (tertiary/aromatic N) is 3. The number of pyridine rings is 1. The van der Waals surface area contributed by atoms with E-state index in [1.165, 1.54) is 15.6 Å². The minimum atomic E-state index is -3.64. The van der Waals surface area contributed by atoms with Crippen LogP contribution >= 0.6 is 11.3 Å². The molecule has 0 radical (unpaired) electrons. The van der Waals surface area contributed by atoms with Gasteiger partial charge in [0.15, 0.2) is 5.13 Å². The van der Waals surface area contributed by atoms with Crippen LogP contribution in [0.4, 0.5) is 10.8 Å². The molecule has 1 aliphatic heterocycles. The molecule has 2 aromatic heterocycles. The summed E-state index contributed by atoms with van der Waals surface area (Å²) in [5.74, 6) is -0.167. The first-order valence-electron chi connectivity index (χ1n) is 11.6. The zero-order valence-corrected chi connectivity index (χ0v) is 21.9. The van der Waals surface area contributed by atoms with E-state index in [1.807, 2.05) is 69.3 Å². The van der Waals surface area contributed by atoms with Crippen molar-refractivity contribution in [2.24, 2.45) is 0 Å². The number of carbonyl (C=O) groups excluding carboxylic acids is 1. The predicted octanol–water partition coefficient (Wildman–Crippen LogP) is 5.06. The van der Waals surface area contributed by atoms with Crippen molar-refractivity contribution in [1.29, 1.82) is 0 Å². The van der Waals surface area contributed by atoms with Gasteiger partial charge in [0, 0.05) is 28.4 Å². The summed E-state index contributed by atoms with van der Waals surface area (Å²) < 4.78 is 28.2. The van der Waals surface area contributed by atoms with E-state index in [9.17, 15) is 13.2 Å². The van der Waals surface area contributed by atoms with E-state index in [4.69, 9.17) is 0 Å². The number of aryl methyl sites for hydroxylation is 3. The molecule has 0 saturated carbocycles. The van der Waals surface area contributed by atoms with Crippen LogP contribution in [0.15, 0.2) is 65.6 Å². The molecule has 5 rings (SSSR count). The number of aromatic nitrogens is 2. The summed E-state index contributed by atoms with van der Waals surface area (Å²) >= 11 is 1.42. The number of hydrogen-bond acceptors (Lipinski definition) is 6. The zero-order valence-electron chi connectivity index (χ0n) is 20.3. The maximum absolute atomic E-state index is 13.4. The number of rotatable bonds is 6. The first-order chi connectivity index (χ1) is 17.2. The molecule has 0 unspecified atom stereocenters. The van der Waals surface area contributed by atoms with Gasteiger partial charge in [0.2, 0.25) is 5.91 Å². The largest absolute Gasteiger partial charge is 0.302 e. The molecule has 9 heteroatoms. The van der Waals surface area contributed by atoms with Crippen molar-refractivity contribution in [1.82, 2.24) is 9.97 Å². The van der Waals surface area contributed by atoms with Gasteiger partial charge in [-0.25, -0.2) is 13.4 Å². The Labute approximate surface area is 214 Å². The van der Waals surface area contributed by atoms with Gasteiger partial charge in [-0.1, -0.05) is 30.3 Å². The van der Waals surface area contributed by atoms with Gasteiger partial charge in [0.25, 0.3) is 10.0 Å². The normalized spacial score (nSPS) is 13.0. The van der Waals surface area contributed by atoms with E-state index < -0.39 is 10.0 Å². The van der Waals surface area contributed by atoms with Gasteiger partial charge in [-0.3, -0.25) is 14.1 Å². The van der Waals surface area contributed by atoms with Crippen LogP contribution < -0.4 is 9.62 Å². The molecule has 0 spiro atoms. The molecule has 1 amide bonds. The topological polar surface area (TPSA) is 92.3 Å². The predicted molar refractivity (Wildman–Crippen MR) is 143 cm³/mol. The minimum Gasteiger partial charge on any atom is -0.302 e. The Bertz CT molecular complexity index is 1580. The van der Waals surface area contributed by atoms with Crippen molar-refractivity contribution in [3.05, 3.63) is 88.1 Å². The lowest BCUT2D eigenvalue weighted by molar-refractivity contribution is -0.115. The highest BCUT2D eigenvalue weighted by atomic mass is 32.2. The van der Waals surface area contributed by atoms with Gasteiger partial charge in [0.1, 0.15) is 0 Å². The summed E-state index contributed by atoms with van der Waals surface area (Å²) in [5, 5.41) is 3.42. The minimum absolute atomic E-state index is 0.167. The third kappa shape index (κ3) is 4.64. The van der Waals surface area contributed by atoms with Crippen molar-refractivity contribution in [2.75, 3.05) is 16.2 Å². The Morgan fingerprint density at radius 2 is 1.83 bits per heavy atom. The maximum atomic E-state index is 13.4. The number of nitrogens with one attached hydrogen (secondary N) is 1. The second-order valence-corrected chi connectivity index (χ2v) is 11.9. The molecule has 184 valence electrons. The third-order valence-electron chi connectivity index (χ3n) is 6.20. The van der Waals surface area contributed by atoms with Gasteiger partial charge in [0.05, 0.1) is 22.7 Å². The third-order valence-corrected chi connectivity index (χ3v) is 9.06. The fourth-order valence-corrected chi connectivity index (χ4v) is 7.06. The second kappa shape index (κ2) is 9.48. The number of benzene rings is 2. The monoisotopic (exact) mass is 518 g/mol. The maximum Gasteiger partial charge on any atom is 0.264 e. The molecule has 2 aromatic carbocycles. The second-order valence-electron chi connectivity index (χ2n) is 8.86. The van der Waals surface area contributed by atoms with E-state index in [0.717, 1.165) is 33.0 Å². The lowest BCUT2D eigenvalue weighted by atomic mass is 10.1. The quantitative estimate of drug-likeness (QED) is 0.385. The number of carbonyl (C=O) groups is 1. The van der Waals surface area contributed by atoms with Crippen LogP contribution in [0.5, 0.6) is 0 Å². The Morgan fingerprint density at radius 1 is 1.03 bits per heavy atom. The van der Waals surface area contributed by atoms with Crippen molar-refractivity contribution in [3.8, 4) is 11.3 Å². The fourth-order valence-electron chi connectivity index (χ4n) is 4.48. The molecule has 3 heterocycles. The SMILES string of the molecule is Cc1cccc(CC(=O)Nc2nc(-c3ccc4c(c3)CCN4S(=O)(=O)c3ccccc3C)c(C)s2)n1. The fraction of sp³-hybridized carbons (Fsp3) is 0.222. The van der Waals surface area contributed by atoms with E-state index in [2.05, 4.69) is 15.3 Å². The van der Waals surface area contributed by atoms with Crippen molar-refractivity contribution in [2.45, 2.75) is 38.5 Å². The highest BCUT2D eigenvalue weighted by Gasteiger charge is 2.32. The van der Waals surface area contributed by atoms with Crippen LogP contribution in [-0.4, -0.2) is 30.8 Å². The van der Waals surface area contributed by atoms with Gasteiger partial charge >= 0.3 is 0 Å². The number of fused-ring (bicyclic) bond motifs is 1. The molecule has 0 fully saturated rings. The standard InChI is InChI=1S/C27H26N4O3S2/c1-17-7-4-5-10-24(17)36(33,34)31-14-13-20-15-21(11-12-23(20)31)26-19(3)35-27(30-26)29-25(32)16-22-9-6-8-18(2)28-22/h4-12,15H,13-14,16H2,1-3H3,(H,29,30,32). The molecule has 0 atom stereocenters. The molecule has 0 saturated heterocycles. The van der Waals surface area contributed by atoms with Crippen molar-refractivity contribution in [3.63, 3.8) is 0 Å². The Morgan fingerprint density at radius 3 is 2.61 bits per heavy atom. The molecule has 0 bridgehead atoms. The summed E-state index contributed by atoms with van der Waals surface area (Å²) in [5.41, 5.74) is 5.67. The van der Waals surface area contributed by atoms with Crippen LogP contribution in [0.25, 0.3) is 11.3 Å². The van der Waals surface area contributed by atoms with Crippen molar-refractivity contribution >= 4 is 38.1 Å². The van der Waals surface area contributed by atoms with E-state index in [-0.39, 0.29) is 12.3 Å². The van der Waals surface area contributed by atoms with Crippen LogP contribution in [0.1, 0.15) is 27.4 Å². The number of sulfonamides is 1. The summed E-state index contributed by atoms with van der Waals surface area (Å²) in [6.07, 6.45) is 0.810. The van der Waals surface area contributed by atoms with Crippen LogP contribution in [0.3, 0.4) is 0 Å². The molecule has 4 aromatic rings. The number of amides is 1. The average molecular weight is 519 g/mol. The number of hydrogen-bond donors (Lipinski definition) is 1. The lowest BCUT2D eigenvalue weighted by Crippen LogP contribution is -2.29. The zero-order chi connectivity index (χ0) is 25.4. The number of anilines is 2. The van der Waals surface area contributed by atoms with E-state index >= 15 is 0 Å². The average Bonchev–Trinajstić information content (AvgIpc) is 3.42. The van der Waals surface area contributed by atoms with Gasteiger partial charge < -0.3 is 5.32 Å². The van der Waals surface area contributed by atoms with Crippen molar-refractivity contribution < 1.29 is 13.2 Å². The summed E-state index contributed by atoms with van der Waals surface area (Å²) in [7, 11) is -3.64. The van der Waals surface area contributed by atoms with Gasteiger partial charge in [-0.2, -0.15) is 0 Å². The molecular formula is C27H26N4O3S2. The van der Waals surface area contributed by atoms with Crippen LogP contribution in [0.2, 0.25) is 0 Å². The molecule has 0 aliphatic carbocycles.